The van der Waals surface area contributed by atoms with Crippen LogP contribution >= 0.6 is 0 Å². The number of hydrogen-bond donors (Lipinski definition) is 0. The van der Waals surface area contributed by atoms with Crippen LogP contribution in [-0.2, 0) is 0 Å². The van der Waals surface area contributed by atoms with Crippen LogP contribution in [0.3, 0.4) is 0 Å². The third-order valence-corrected chi connectivity index (χ3v) is 1.97. The molecule has 0 fully saturated rings. The topological polar surface area (TPSA) is 47.8 Å². The van der Waals surface area contributed by atoms with E-state index in [0.29, 0.717) is 5.69 Å². The first kappa shape index (κ1) is 8.62. The molecule has 0 atom stereocenters. The van der Waals surface area contributed by atoms with Gasteiger partial charge < -0.3 is 0 Å². The van der Waals surface area contributed by atoms with Crippen LogP contribution in [0.1, 0.15) is 16.1 Å². The Balaban J connectivity index is 2.48. The summed E-state index contributed by atoms with van der Waals surface area (Å²) >= 11 is 0. The minimum absolute atomic E-state index is 0.474. The summed E-state index contributed by atoms with van der Waals surface area (Å²) in [7, 11) is 0. The van der Waals surface area contributed by atoms with E-state index in [9.17, 15) is 4.79 Å². The van der Waals surface area contributed by atoms with E-state index in [0.717, 1.165) is 17.5 Å². The first-order valence-electron chi connectivity index (χ1n) is 4.23. The Kier molecular flexibility index (Phi) is 2.10. The van der Waals surface area contributed by atoms with Crippen LogP contribution in [0.2, 0.25) is 0 Å². The molecule has 2 heterocycles. The third-order valence-electron chi connectivity index (χ3n) is 1.97. The lowest BCUT2D eigenvalue weighted by Gasteiger charge is -1.97. The van der Waals surface area contributed by atoms with E-state index in [1.807, 2.05) is 25.3 Å². The highest BCUT2D eigenvalue weighted by Crippen LogP contribution is 2.08. The Morgan fingerprint density at radius 3 is 2.64 bits per heavy atom. The van der Waals surface area contributed by atoms with Gasteiger partial charge in [0.05, 0.1) is 5.69 Å². The van der Waals surface area contributed by atoms with Crippen molar-refractivity contribution in [3.05, 3.63) is 42.0 Å². The molecule has 0 radical (unpaired) electrons. The van der Waals surface area contributed by atoms with Gasteiger partial charge in [0.1, 0.15) is 5.69 Å². The number of carbonyl (C=O) groups is 1. The highest BCUT2D eigenvalue weighted by Gasteiger charge is 2.04. The average molecular weight is 187 g/mol. The Hall–Kier alpha value is -1.97. The molecule has 2 aromatic heterocycles. The van der Waals surface area contributed by atoms with Gasteiger partial charge in [0.15, 0.2) is 6.29 Å². The minimum Gasteiger partial charge on any atom is -0.296 e. The van der Waals surface area contributed by atoms with Crippen LogP contribution in [0.5, 0.6) is 0 Å². The summed E-state index contributed by atoms with van der Waals surface area (Å²) in [5.41, 5.74) is 2.25. The molecule has 0 saturated carbocycles. The fourth-order valence-corrected chi connectivity index (χ4v) is 1.22. The van der Waals surface area contributed by atoms with Crippen molar-refractivity contribution in [3.8, 4) is 5.69 Å². The zero-order chi connectivity index (χ0) is 9.97. The maximum atomic E-state index is 10.6. The molecular formula is C10H9N3O. The molecule has 70 valence electrons. The van der Waals surface area contributed by atoms with Crippen LogP contribution in [0, 0.1) is 6.92 Å². The van der Waals surface area contributed by atoms with Crippen molar-refractivity contribution in [1.82, 2.24) is 14.8 Å². The first-order chi connectivity index (χ1) is 6.81. The van der Waals surface area contributed by atoms with Crippen molar-refractivity contribution >= 4 is 6.29 Å². The molecule has 0 aliphatic carbocycles. The van der Waals surface area contributed by atoms with Gasteiger partial charge in [-0.25, -0.2) is 4.68 Å². The van der Waals surface area contributed by atoms with E-state index in [1.165, 1.54) is 0 Å². The molecule has 0 saturated heterocycles. The summed E-state index contributed by atoms with van der Waals surface area (Å²) in [5, 5.41) is 4.12. The number of aryl methyl sites for hydroxylation is 1. The van der Waals surface area contributed by atoms with Gasteiger partial charge in [-0.2, -0.15) is 5.10 Å². The number of aldehydes is 1. The van der Waals surface area contributed by atoms with Crippen molar-refractivity contribution in [2.75, 3.05) is 0 Å². The van der Waals surface area contributed by atoms with Crippen LogP contribution in [0.15, 0.2) is 30.7 Å². The Labute approximate surface area is 81.2 Å². The second kappa shape index (κ2) is 3.41. The average Bonchev–Trinajstić information content (AvgIpc) is 2.61. The van der Waals surface area contributed by atoms with E-state index in [2.05, 4.69) is 10.1 Å². The lowest BCUT2D eigenvalue weighted by atomic mass is 10.3. The van der Waals surface area contributed by atoms with Gasteiger partial charge in [0, 0.05) is 18.6 Å². The Morgan fingerprint density at radius 1 is 1.36 bits per heavy atom. The minimum atomic E-state index is 0.474. The number of rotatable bonds is 2. The standard InChI is InChI=1S/C10H9N3O/c1-8-6-13(12-10(8)7-14)9-2-4-11-5-3-9/h2-7H,1H3. The number of aromatic nitrogens is 3. The van der Waals surface area contributed by atoms with Gasteiger partial charge in [-0.15, -0.1) is 0 Å². The molecule has 0 unspecified atom stereocenters. The van der Waals surface area contributed by atoms with Gasteiger partial charge in [0.25, 0.3) is 0 Å². The van der Waals surface area contributed by atoms with Crippen molar-refractivity contribution < 1.29 is 4.79 Å². The number of hydrogen-bond acceptors (Lipinski definition) is 3. The van der Waals surface area contributed by atoms with Crippen molar-refractivity contribution in [2.24, 2.45) is 0 Å². The summed E-state index contributed by atoms with van der Waals surface area (Å²) < 4.78 is 1.67. The molecule has 2 aromatic rings. The fourth-order valence-electron chi connectivity index (χ4n) is 1.22. The number of pyridine rings is 1. The third kappa shape index (κ3) is 1.42. The molecule has 0 bridgehead atoms. The zero-order valence-corrected chi connectivity index (χ0v) is 7.71. The predicted octanol–water partition coefficient (Wildman–Crippen LogP) is 1.39. The highest BCUT2D eigenvalue weighted by molar-refractivity contribution is 5.73. The number of nitrogens with zero attached hydrogens (tertiary/aromatic N) is 3. The lowest BCUT2D eigenvalue weighted by Crippen LogP contribution is -1.95. The van der Waals surface area contributed by atoms with E-state index >= 15 is 0 Å². The fraction of sp³-hybridized carbons (Fsp3) is 0.100. The molecule has 0 amide bonds. The van der Waals surface area contributed by atoms with Crippen LogP contribution in [0.25, 0.3) is 5.69 Å². The van der Waals surface area contributed by atoms with Gasteiger partial charge in [-0.1, -0.05) is 0 Å². The van der Waals surface area contributed by atoms with Crippen molar-refractivity contribution in [3.63, 3.8) is 0 Å². The van der Waals surface area contributed by atoms with E-state index in [1.54, 1.807) is 17.1 Å². The molecule has 0 aromatic carbocycles. The molecule has 4 heteroatoms. The van der Waals surface area contributed by atoms with Crippen LogP contribution in [0.4, 0.5) is 0 Å². The molecule has 14 heavy (non-hydrogen) atoms. The van der Waals surface area contributed by atoms with Gasteiger partial charge in [0.2, 0.25) is 0 Å². The SMILES string of the molecule is Cc1cn(-c2ccncc2)nc1C=O. The Bertz CT molecular complexity index is 448. The molecule has 2 rings (SSSR count). The monoisotopic (exact) mass is 187 g/mol. The second-order valence-electron chi connectivity index (χ2n) is 2.97. The smallest absolute Gasteiger partial charge is 0.170 e. The molecular weight excluding hydrogens is 178 g/mol. The quantitative estimate of drug-likeness (QED) is 0.667. The first-order valence-corrected chi connectivity index (χ1v) is 4.23. The number of carbonyl (C=O) groups excluding carboxylic acids is 1. The predicted molar refractivity (Wildman–Crippen MR) is 51.5 cm³/mol. The summed E-state index contributed by atoms with van der Waals surface area (Å²) in [6.45, 7) is 1.86. The van der Waals surface area contributed by atoms with Gasteiger partial charge in [-0.05, 0) is 24.6 Å². The van der Waals surface area contributed by atoms with Crippen molar-refractivity contribution in [2.45, 2.75) is 6.92 Å². The second-order valence-corrected chi connectivity index (χ2v) is 2.97. The highest BCUT2D eigenvalue weighted by atomic mass is 16.1. The molecule has 0 N–H and O–H groups in total. The summed E-state index contributed by atoms with van der Waals surface area (Å²) in [4.78, 5) is 14.5. The molecule has 0 spiro atoms. The van der Waals surface area contributed by atoms with Crippen molar-refractivity contribution in [1.29, 1.82) is 0 Å². The van der Waals surface area contributed by atoms with Gasteiger partial charge in [-0.3, -0.25) is 9.78 Å². The molecule has 0 aliphatic heterocycles. The summed E-state index contributed by atoms with van der Waals surface area (Å²) in [5.74, 6) is 0. The maximum absolute atomic E-state index is 10.6. The largest absolute Gasteiger partial charge is 0.296 e. The van der Waals surface area contributed by atoms with Crippen LogP contribution in [-0.4, -0.2) is 21.1 Å². The summed E-state index contributed by atoms with van der Waals surface area (Å²) in [6, 6.07) is 3.67. The Morgan fingerprint density at radius 2 is 2.07 bits per heavy atom. The van der Waals surface area contributed by atoms with Crippen LogP contribution < -0.4 is 0 Å². The zero-order valence-electron chi connectivity index (χ0n) is 7.71. The lowest BCUT2D eigenvalue weighted by molar-refractivity contribution is 0.111. The van der Waals surface area contributed by atoms with E-state index in [4.69, 9.17) is 0 Å². The molecule has 0 aliphatic rings. The molecule has 4 nitrogen and oxygen atoms in total. The normalized spacial score (nSPS) is 10.1. The van der Waals surface area contributed by atoms with E-state index < -0.39 is 0 Å². The maximum Gasteiger partial charge on any atom is 0.170 e. The van der Waals surface area contributed by atoms with E-state index in [-0.39, 0.29) is 0 Å². The summed E-state index contributed by atoms with van der Waals surface area (Å²) in [6.07, 6.45) is 5.95. The van der Waals surface area contributed by atoms with Gasteiger partial charge >= 0.3 is 0 Å².